The van der Waals surface area contributed by atoms with Crippen LogP contribution in [0, 0.1) is 5.92 Å². The van der Waals surface area contributed by atoms with E-state index < -0.39 is 5.97 Å². The van der Waals surface area contributed by atoms with E-state index in [9.17, 15) is 9.59 Å². The predicted molar refractivity (Wildman–Crippen MR) is 82.4 cm³/mol. The Morgan fingerprint density at radius 3 is 2.86 bits per heavy atom. The second kappa shape index (κ2) is 6.02. The van der Waals surface area contributed by atoms with Gasteiger partial charge in [0.05, 0.1) is 4.88 Å². The van der Waals surface area contributed by atoms with E-state index in [1.165, 1.54) is 30.6 Å². The van der Waals surface area contributed by atoms with E-state index >= 15 is 0 Å². The molecule has 1 saturated heterocycles. The highest BCUT2D eigenvalue weighted by Crippen LogP contribution is 2.37. The monoisotopic (exact) mass is 305 g/mol. The summed E-state index contributed by atoms with van der Waals surface area (Å²) in [4.78, 5) is 26.8. The third-order valence-corrected chi connectivity index (χ3v) is 5.52. The number of thiophene rings is 1. The molecule has 3 rings (SSSR count). The van der Waals surface area contributed by atoms with E-state index in [0.29, 0.717) is 16.8 Å². The normalized spacial score (nSPS) is 25.2. The van der Waals surface area contributed by atoms with Crippen LogP contribution in [0.3, 0.4) is 0 Å². The maximum Gasteiger partial charge on any atom is 0.328 e. The number of amides is 1. The molecule has 1 aromatic rings. The molecule has 2 atom stereocenters. The van der Waals surface area contributed by atoms with Crippen LogP contribution in [-0.4, -0.2) is 34.5 Å². The number of piperidine rings is 1. The topological polar surface area (TPSA) is 57.6 Å². The van der Waals surface area contributed by atoms with Crippen molar-refractivity contribution >= 4 is 29.3 Å². The third kappa shape index (κ3) is 3.02. The molecule has 5 heteroatoms. The smallest absolute Gasteiger partial charge is 0.328 e. The molecule has 0 spiro atoms. The fourth-order valence-corrected chi connectivity index (χ4v) is 4.43. The Morgan fingerprint density at radius 1 is 1.24 bits per heavy atom. The summed E-state index contributed by atoms with van der Waals surface area (Å²) in [5.74, 6) is -0.165. The zero-order valence-electron chi connectivity index (χ0n) is 11.8. The molecule has 4 nitrogen and oxygen atoms in total. The fraction of sp³-hybridized carbons (Fsp3) is 0.500. The molecule has 1 N–H and O–H groups in total. The van der Waals surface area contributed by atoms with Crippen molar-refractivity contribution in [3.05, 3.63) is 28.0 Å². The summed E-state index contributed by atoms with van der Waals surface area (Å²) in [5.41, 5.74) is 0. The largest absolute Gasteiger partial charge is 0.478 e. The van der Waals surface area contributed by atoms with E-state index in [-0.39, 0.29) is 5.91 Å². The van der Waals surface area contributed by atoms with Crippen LogP contribution in [0.25, 0.3) is 6.08 Å². The first-order chi connectivity index (χ1) is 10.1. The first-order valence-corrected chi connectivity index (χ1v) is 8.28. The van der Waals surface area contributed by atoms with E-state index in [1.54, 1.807) is 6.08 Å². The SMILES string of the molecule is O=C(O)C=Cc1ccc(C(=O)N2CCCC3CCCC32)s1. The molecule has 1 amide bonds. The number of hydrogen-bond donors (Lipinski definition) is 1. The van der Waals surface area contributed by atoms with Gasteiger partial charge >= 0.3 is 5.97 Å². The van der Waals surface area contributed by atoms with Crippen LogP contribution in [0.5, 0.6) is 0 Å². The zero-order valence-corrected chi connectivity index (χ0v) is 12.6. The first-order valence-electron chi connectivity index (χ1n) is 7.47. The highest BCUT2D eigenvalue weighted by Gasteiger charge is 2.37. The van der Waals surface area contributed by atoms with Gasteiger partial charge < -0.3 is 10.0 Å². The Kier molecular flexibility index (Phi) is 4.10. The minimum Gasteiger partial charge on any atom is -0.478 e. The Balaban J connectivity index is 1.74. The lowest BCUT2D eigenvalue weighted by Crippen LogP contribution is -2.45. The summed E-state index contributed by atoms with van der Waals surface area (Å²) in [5, 5.41) is 8.64. The molecular weight excluding hydrogens is 286 g/mol. The van der Waals surface area contributed by atoms with E-state index in [1.807, 2.05) is 12.1 Å². The van der Waals surface area contributed by atoms with Gasteiger partial charge in [-0.15, -0.1) is 11.3 Å². The number of carboxylic acid groups (broad SMARTS) is 1. The number of fused-ring (bicyclic) bond motifs is 1. The number of nitrogens with zero attached hydrogens (tertiary/aromatic N) is 1. The Morgan fingerprint density at radius 2 is 2.05 bits per heavy atom. The summed E-state index contributed by atoms with van der Waals surface area (Å²) >= 11 is 1.37. The third-order valence-electron chi connectivity index (χ3n) is 4.48. The lowest BCUT2D eigenvalue weighted by Gasteiger charge is -2.37. The molecule has 2 aliphatic rings. The number of likely N-dealkylation sites (tertiary alicyclic amines) is 1. The summed E-state index contributed by atoms with van der Waals surface area (Å²) < 4.78 is 0. The quantitative estimate of drug-likeness (QED) is 0.872. The number of carboxylic acids is 1. The van der Waals surface area contributed by atoms with Crippen LogP contribution < -0.4 is 0 Å². The maximum absolute atomic E-state index is 12.7. The lowest BCUT2D eigenvalue weighted by molar-refractivity contribution is -0.131. The van der Waals surface area contributed by atoms with Crippen LogP contribution in [0.15, 0.2) is 18.2 Å². The second-order valence-corrected chi connectivity index (χ2v) is 6.89. The average Bonchev–Trinajstić information content (AvgIpc) is 3.12. The molecule has 1 aliphatic carbocycles. The minimum absolute atomic E-state index is 0.117. The molecule has 1 aliphatic heterocycles. The van der Waals surface area contributed by atoms with E-state index in [2.05, 4.69) is 4.90 Å². The van der Waals surface area contributed by atoms with Crippen LogP contribution in [0.2, 0.25) is 0 Å². The van der Waals surface area contributed by atoms with Crippen molar-refractivity contribution in [3.8, 4) is 0 Å². The van der Waals surface area contributed by atoms with Crippen molar-refractivity contribution < 1.29 is 14.7 Å². The van der Waals surface area contributed by atoms with Crippen LogP contribution in [0.4, 0.5) is 0 Å². The van der Waals surface area contributed by atoms with Gasteiger partial charge in [-0.25, -0.2) is 4.79 Å². The molecule has 0 aromatic carbocycles. The Bertz CT molecular complexity index is 578. The van der Waals surface area contributed by atoms with Crippen molar-refractivity contribution in [2.45, 2.75) is 38.1 Å². The highest BCUT2D eigenvalue weighted by molar-refractivity contribution is 7.14. The van der Waals surface area contributed by atoms with Crippen molar-refractivity contribution in [1.29, 1.82) is 0 Å². The van der Waals surface area contributed by atoms with E-state index in [4.69, 9.17) is 5.11 Å². The Labute approximate surface area is 128 Å². The molecule has 0 bridgehead atoms. The van der Waals surface area contributed by atoms with Crippen molar-refractivity contribution in [1.82, 2.24) is 4.90 Å². The fourth-order valence-electron chi connectivity index (χ4n) is 3.56. The molecular formula is C16H19NO3S. The summed E-state index contributed by atoms with van der Waals surface area (Å²) in [6.07, 6.45) is 8.62. The maximum atomic E-state index is 12.7. The van der Waals surface area contributed by atoms with Gasteiger partial charge in [-0.2, -0.15) is 0 Å². The van der Waals surface area contributed by atoms with Gasteiger partial charge in [-0.05, 0) is 49.8 Å². The van der Waals surface area contributed by atoms with Crippen molar-refractivity contribution in [2.24, 2.45) is 5.92 Å². The average molecular weight is 305 g/mol. The lowest BCUT2D eigenvalue weighted by atomic mass is 9.92. The van der Waals surface area contributed by atoms with Crippen molar-refractivity contribution in [2.75, 3.05) is 6.54 Å². The summed E-state index contributed by atoms with van der Waals surface area (Å²) in [7, 11) is 0. The molecule has 1 aromatic heterocycles. The van der Waals surface area contributed by atoms with E-state index in [0.717, 1.165) is 30.3 Å². The summed E-state index contributed by atoms with van der Waals surface area (Å²) in [6.45, 7) is 0.859. The second-order valence-electron chi connectivity index (χ2n) is 5.77. The number of carbonyl (C=O) groups is 2. The molecule has 2 heterocycles. The van der Waals surface area contributed by atoms with Crippen LogP contribution in [-0.2, 0) is 4.79 Å². The number of rotatable bonds is 3. The highest BCUT2D eigenvalue weighted by atomic mass is 32.1. The first kappa shape index (κ1) is 14.3. The molecule has 112 valence electrons. The zero-order chi connectivity index (χ0) is 14.8. The van der Waals surface area contributed by atoms with Crippen LogP contribution in [0.1, 0.15) is 46.7 Å². The van der Waals surface area contributed by atoms with Gasteiger partial charge in [-0.1, -0.05) is 6.42 Å². The van der Waals surface area contributed by atoms with Gasteiger partial charge in [0.25, 0.3) is 5.91 Å². The van der Waals surface area contributed by atoms with Crippen molar-refractivity contribution in [3.63, 3.8) is 0 Å². The van der Waals surface area contributed by atoms with Gasteiger partial charge in [-0.3, -0.25) is 4.79 Å². The number of carbonyl (C=O) groups excluding carboxylic acids is 1. The van der Waals surface area contributed by atoms with Gasteiger partial charge in [0.1, 0.15) is 0 Å². The summed E-state index contributed by atoms with van der Waals surface area (Å²) in [6, 6.07) is 4.05. The van der Waals surface area contributed by atoms with Gasteiger partial charge in [0, 0.05) is 23.5 Å². The molecule has 1 saturated carbocycles. The molecule has 0 radical (unpaired) electrons. The standard InChI is InChI=1S/C16H19NO3S/c18-15(19)9-7-12-6-8-14(21-12)16(20)17-10-2-4-11-3-1-5-13(11)17/h6-9,11,13H,1-5,10H2,(H,18,19). The van der Waals surface area contributed by atoms with Crippen LogP contribution >= 0.6 is 11.3 Å². The molecule has 2 fully saturated rings. The van der Waals surface area contributed by atoms with Gasteiger partial charge in [0.15, 0.2) is 0 Å². The molecule has 21 heavy (non-hydrogen) atoms. The number of aliphatic carboxylic acids is 1. The van der Waals surface area contributed by atoms with Gasteiger partial charge in [0.2, 0.25) is 0 Å². The predicted octanol–water partition coefficient (Wildman–Crippen LogP) is 3.25. The Hall–Kier alpha value is -1.62. The number of hydrogen-bond acceptors (Lipinski definition) is 3. The minimum atomic E-state index is -0.971. The molecule has 2 unspecified atom stereocenters.